The summed E-state index contributed by atoms with van der Waals surface area (Å²) in [6.07, 6.45) is 1.42. The average molecular weight is 631 g/mol. The second-order valence-corrected chi connectivity index (χ2v) is 11.8. The van der Waals surface area contributed by atoms with Crippen LogP contribution >= 0.6 is 34.8 Å². The third-order valence-corrected chi connectivity index (χ3v) is 7.77. The smallest absolute Gasteiger partial charge is 0.329 e. The lowest BCUT2D eigenvalue weighted by Crippen LogP contribution is -2.41. The van der Waals surface area contributed by atoms with Crippen LogP contribution in [-0.4, -0.2) is 34.1 Å². The van der Waals surface area contributed by atoms with Gasteiger partial charge in [0.05, 0.1) is 31.9 Å². The molecule has 41 heavy (non-hydrogen) atoms. The standard InChI is InChI=1S/C19H21ClF2N2O2.C10H5Cl2F2N/c1-10-16(20)15-12(22)8-11(21)9-13(15)23-17(10)24-7-5-6-14(24)18(25)26-19(2,3)4;1-4-9(11)8-6(14)2-5(13)3-7(8)15-10(4)12/h8-9,14H,5-7H2,1-4H3;2-3H,1H3/t14-;/m1./s1. The monoisotopic (exact) mass is 629 g/mol. The third kappa shape index (κ3) is 6.47. The Labute approximate surface area is 249 Å². The Hall–Kier alpha value is -2.88. The summed E-state index contributed by atoms with van der Waals surface area (Å²) in [6.45, 7) is 9.37. The summed E-state index contributed by atoms with van der Waals surface area (Å²) < 4.78 is 59.6. The number of benzene rings is 2. The van der Waals surface area contributed by atoms with Gasteiger partial charge in [-0.1, -0.05) is 34.8 Å². The van der Waals surface area contributed by atoms with E-state index < -0.39 is 34.9 Å². The zero-order valence-corrected chi connectivity index (χ0v) is 25.1. The van der Waals surface area contributed by atoms with Gasteiger partial charge >= 0.3 is 5.97 Å². The number of halogens is 7. The van der Waals surface area contributed by atoms with Crippen molar-refractivity contribution in [1.29, 1.82) is 0 Å². The van der Waals surface area contributed by atoms with Crippen molar-refractivity contribution in [3.8, 4) is 0 Å². The van der Waals surface area contributed by atoms with Gasteiger partial charge in [-0.05, 0) is 47.5 Å². The number of pyridine rings is 2. The summed E-state index contributed by atoms with van der Waals surface area (Å²) in [5, 5.41) is 0.680. The van der Waals surface area contributed by atoms with Gasteiger partial charge in [0.1, 0.15) is 45.9 Å². The van der Waals surface area contributed by atoms with Gasteiger partial charge in [0.15, 0.2) is 0 Å². The Morgan fingerprint density at radius 2 is 1.39 bits per heavy atom. The van der Waals surface area contributed by atoms with Crippen molar-refractivity contribution in [2.45, 2.75) is 59.1 Å². The Morgan fingerprint density at radius 1 is 0.878 bits per heavy atom. The van der Waals surface area contributed by atoms with Crippen molar-refractivity contribution in [2.75, 3.05) is 11.4 Å². The van der Waals surface area contributed by atoms with Gasteiger partial charge < -0.3 is 9.64 Å². The molecular formula is C29H26Cl3F4N3O2. The van der Waals surface area contributed by atoms with Crippen LogP contribution in [0.25, 0.3) is 21.8 Å². The average Bonchev–Trinajstić information content (AvgIpc) is 3.33. The molecule has 0 amide bonds. The number of rotatable bonds is 2. The number of aromatic nitrogens is 2. The van der Waals surface area contributed by atoms with Crippen LogP contribution in [0.15, 0.2) is 24.3 Å². The topological polar surface area (TPSA) is 55.3 Å². The van der Waals surface area contributed by atoms with Gasteiger partial charge in [-0.2, -0.15) is 0 Å². The van der Waals surface area contributed by atoms with E-state index in [-0.39, 0.29) is 43.0 Å². The predicted molar refractivity (Wildman–Crippen MR) is 154 cm³/mol. The summed E-state index contributed by atoms with van der Waals surface area (Å²) in [5.41, 5.74) is 0.689. The molecule has 1 aliphatic rings. The normalized spacial score (nSPS) is 15.3. The minimum atomic E-state index is -0.753. The first-order chi connectivity index (χ1) is 19.1. The SMILES string of the molecule is Cc1c(Cl)nc2cc(F)cc(F)c2c1Cl.Cc1c(N2CCC[C@@H]2C(=O)OC(C)(C)C)nc2cc(F)cc(F)c2c1Cl. The number of fused-ring (bicyclic) bond motifs is 2. The van der Waals surface area contributed by atoms with E-state index in [1.165, 1.54) is 0 Å². The first kappa shape index (κ1) is 31.1. The molecule has 1 fully saturated rings. The molecule has 1 saturated heterocycles. The lowest BCUT2D eigenvalue weighted by atomic mass is 10.1. The summed E-state index contributed by atoms with van der Waals surface area (Å²) >= 11 is 18.0. The number of ether oxygens (including phenoxy) is 1. The molecule has 1 atom stereocenters. The molecule has 0 bridgehead atoms. The summed E-state index contributed by atoms with van der Waals surface area (Å²) in [5.74, 6) is -2.79. The third-order valence-electron chi connectivity index (χ3n) is 6.46. The van der Waals surface area contributed by atoms with Crippen LogP contribution in [0.4, 0.5) is 23.4 Å². The van der Waals surface area contributed by atoms with Crippen molar-refractivity contribution in [1.82, 2.24) is 9.97 Å². The van der Waals surface area contributed by atoms with Crippen molar-refractivity contribution in [2.24, 2.45) is 0 Å². The zero-order valence-electron chi connectivity index (χ0n) is 22.8. The number of carbonyl (C=O) groups excluding carboxylic acids is 1. The van der Waals surface area contributed by atoms with E-state index >= 15 is 0 Å². The number of hydrogen-bond donors (Lipinski definition) is 0. The van der Waals surface area contributed by atoms with Gasteiger partial charge in [0.2, 0.25) is 0 Å². The summed E-state index contributed by atoms with van der Waals surface area (Å²) in [7, 11) is 0. The number of carbonyl (C=O) groups is 1. The number of hydrogen-bond acceptors (Lipinski definition) is 5. The molecule has 2 aromatic carbocycles. The molecule has 0 aliphatic carbocycles. The molecule has 218 valence electrons. The fourth-order valence-electron chi connectivity index (χ4n) is 4.60. The maximum Gasteiger partial charge on any atom is 0.329 e. The summed E-state index contributed by atoms with van der Waals surface area (Å²) in [6, 6.07) is 3.30. The van der Waals surface area contributed by atoms with Crippen molar-refractivity contribution in [3.63, 3.8) is 0 Å². The Morgan fingerprint density at radius 3 is 1.93 bits per heavy atom. The second-order valence-electron chi connectivity index (χ2n) is 10.7. The van der Waals surface area contributed by atoms with E-state index in [9.17, 15) is 22.4 Å². The van der Waals surface area contributed by atoms with E-state index in [2.05, 4.69) is 9.97 Å². The molecular weight excluding hydrogens is 605 g/mol. The molecule has 5 nitrogen and oxygen atoms in total. The minimum Gasteiger partial charge on any atom is -0.458 e. The van der Waals surface area contributed by atoms with E-state index in [1.54, 1.807) is 13.8 Å². The van der Waals surface area contributed by atoms with E-state index in [0.29, 0.717) is 29.9 Å². The van der Waals surface area contributed by atoms with Crippen LogP contribution in [0.3, 0.4) is 0 Å². The molecule has 0 N–H and O–H groups in total. The molecule has 0 spiro atoms. The van der Waals surface area contributed by atoms with Gasteiger partial charge in [0, 0.05) is 41.9 Å². The van der Waals surface area contributed by atoms with Crippen LogP contribution in [0.2, 0.25) is 15.2 Å². The van der Waals surface area contributed by atoms with Crippen LogP contribution in [0.5, 0.6) is 0 Å². The molecule has 5 rings (SSSR count). The number of nitrogens with zero attached hydrogens (tertiary/aromatic N) is 3. The lowest BCUT2D eigenvalue weighted by Gasteiger charge is -2.29. The first-order valence-electron chi connectivity index (χ1n) is 12.6. The molecule has 0 unspecified atom stereocenters. The molecule has 0 radical (unpaired) electrons. The number of anilines is 1. The lowest BCUT2D eigenvalue weighted by molar-refractivity contribution is -0.156. The van der Waals surface area contributed by atoms with E-state index in [0.717, 1.165) is 30.7 Å². The Balaban J connectivity index is 0.000000218. The van der Waals surface area contributed by atoms with E-state index in [4.69, 9.17) is 39.5 Å². The highest BCUT2D eigenvalue weighted by molar-refractivity contribution is 6.39. The highest BCUT2D eigenvalue weighted by Gasteiger charge is 2.36. The first-order valence-corrected chi connectivity index (χ1v) is 13.8. The molecule has 0 saturated carbocycles. The molecule has 12 heteroatoms. The second kappa shape index (κ2) is 11.8. The minimum absolute atomic E-state index is 0.0855. The van der Waals surface area contributed by atoms with Crippen LogP contribution in [0, 0.1) is 37.1 Å². The molecule has 4 aromatic rings. The fraction of sp³-hybridized carbons (Fsp3) is 0.345. The van der Waals surface area contributed by atoms with Gasteiger partial charge in [-0.15, -0.1) is 0 Å². The molecule has 2 aromatic heterocycles. The Bertz CT molecular complexity index is 1680. The van der Waals surface area contributed by atoms with Crippen LogP contribution in [0.1, 0.15) is 44.7 Å². The van der Waals surface area contributed by atoms with E-state index in [1.807, 2.05) is 25.7 Å². The zero-order chi connectivity index (χ0) is 30.4. The van der Waals surface area contributed by atoms with Crippen LogP contribution < -0.4 is 4.90 Å². The summed E-state index contributed by atoms with van der Waals surface area (Å²) in [4.78, 5) is 22.7. The van der Waals surface area contributed by atoms with Crippen LogP contribution in [-0.2, 0) is 9.53 Å². The molecule has 3 heterocycles. The van der Waals surface area contributed by atoms with Crippen molar-refractivity contribution >= 4 is 68.4 Å². The van der Waals surface area contributed by atoms with Crippen molar-refractivity contribution < 1.29 is 27.1 Å². The van der Waals surface area contributed by atoms with Crippen molar-refractivity contribution in [3.05, 3.63) is 73.9 Å². The Kier molecular flexibility index (Phi) is 8.92. The maximum atomic E-state index is 14.1. The quantitative estimate of drug-likeness (QED) is 0.126. The van der Waals surface area contributed by atoms with Gasteiger partial charge in [-0.3, -0.25) is 0 Å². The fourth-order valence-corrected chi connectivity index (χ4v) is 5.38. The van der Waals surface area contributed by atoms with Gasteiger partial charge in [0.25, 0.3) is 0 Å². The van der Waals surface area contributed by atoms with Gasteiger partial charge in [-0.25, -0.2) is 32.3 Å². The highest BCUT2D eigenvalue weighted by Crippen LogP contribution is 2.37. The highest BCUT2D eigenvalue weighted by atomic mass is 35.5. The number of esters is 1. The molecule has 1 aliphatic heterocycles. The largest absolute Gasteiger partial charge is 0.458 e. The maximum absolute atomic E-state index is 14.1. The predicted octanol–water partition coefficient (Wildman–Crippen LogP) is 8.91.